The Morgan fingerprint density at radius 3 is 1.33 bits per heavy atom. The van der Waals surface area contributed by atoms with Crippen molar-refractivity contribution in [2.75, 3.05) is 0 Å². The van der Waals surface area contributed by atoms with E-state index in [1.807, 2.05) is 0 Å². The second-order valence-electron chi connectivity index (χ2n) is 1.000. The van der Waals surface area contributed by atoms with Crippen molar-refractivity contribution in [2.45, 2.75) is 26.7 Å². The Morgan fingerprint density at radius 2 is 1.33 bits per heavy atom. The van der Waals surface area contributed by atoms with Gasteiger partial charge in [0.15, 0.2) is 17.4 Å². The molecule has 2 heteroatoms. The van der Waals surface area contributed by atoms with Crippen LogP contribution < -0.4 is 0 Å². The minimum absolute atomic E-state index is 0. The molecule has 0 atom stereocenters. The predicted octanol–water partition coefficient (Wildman–Crippen LogP) is 0.466. The normalized spacial score (nSPS) is 5.00. The monoisotopic (exact) mass is 116 g/mol. The van der Waals surface area contributed by atoms with Gasteiger partial charge >= 0.3 is 29.6 Å². The quantitative estimate of drug-likeness (QED) is 0.437. The molecule has 0 aliphatic rings. The number of hydrogen-bond acceptors (Lipinski definition) is 0. The predicted molar refractivity (Wildman–Crippen MR) is 41.9 cm³/mol. The van der Waals surface area contributed by atoms with Gasteiger partial charge in [-0.05, 0) is 0 Å². The van der Waals surface area contributed by atoms with Crippen molar-refractivity contribution in [1.29, 1.82) is 0 Å². The van der Waals surface area contributed by atoms with Crippen LogP contribution in [0.2, 0.25) is 0 Å². The average molecular weight is 116 g/mol. The fourth-order valence-corrected chi connectivity index (χ4v) is 0. The van der Waals surface area contributed by atoms with Crippen molar-refractivity contribution in [3.63, 3.8) is 0 Å². The van der Waals surface area contributed by atoms with E-state index in [0.717, 1.165) is 0 Å². The molecule has 0 aromatic heterocycles. The summed E-state index contributed by atoms with van der Waals surface area (Å²) in [4.78, 5) is 0. The number of hydrogen-bond donors (Lipinski definition) is 0. The first kappa shape index (κ1) is 15.6. The minimum atomic E-state index is 0. The van der Waals surface area contributed by atoms with E-state index >= 15 is 0 Å². The summed E-state index contributed by atoms with van der Waals surface area (Å²) in [7, 11) is 0. The van der Waals surface area contributed by atoms with Gasteiger partial charge in [-0.15, -0.1) is 0 Å². The Hall–Kier alpha value is 1.53. The van der Waals surface area contributed by atoms with Gasteiger partial charge in [0.1, 0.15) is 0 Å². The second-order valence-corrected chi connectivity index (χ2v) is 1.000. The Kier molecular flexibility index (Phi) is 41.8. The van der Waals surface area contributed by atoms with Crippen LogP contribution in [0.3, 0.4) is 0 Å². The summed E-state index contributed by atoms with van der Waals surface area (Å²) in [6.45, 7) is 4.36. The van der Waals surface area contributed by atoms with Crippen LogP contribution in [0, 0.1) is 0 Å². The Labute approximate surface area is 76.1 Å². The van der Waals surface area contributed by atoms with Crippen molar-refractivity contribution >= 4 is 46.9 Å². The van der Waals surface area contributed by atoms with E-state index in [2.05, 4.69) is 13.8 Å². The molecule has 0 aromatic carbocycles. The van der Waals surface area contributed by atoms with Gasteiger partial charge in [-0.2, -0.15) is 0 Å². The number of rotatable bonds is 1. The van der Waals surface area contributed by atoms with Crippen molar-refractivity contribution in [3.05, 3.63) is 0 Å². The first-order chi connectivity index (χ1) is 1.91. The Morgan fingerprint density at radius 1 is 1.17 bits per heavy atom. The zero-order valence-electron chi connectivity index (χ0n) is 3.41. The van der Waals surface area contributed by atoms with Gasteiger partial charge in [-0.3, -0.25) is 0 Å². The summed E-state index contributed by atoms with van der Waals surface area (Å²) in [5.41, 5.74) is 0. The Balaban J connectivity index is -0.00000000750. The van der Waals surface area contributed by atoms with Gasteiger partial charge in [0.05, 0.1) is 0 Å². The summed E-state index contributed by atoms with van der Waals surface area (Å²) < 4.78 is 0. The molecule has 6 heavy (non-hydrogen) atoms. The van der Waals surface area contributed by atoms with Crippen LogP contribution in [-0.2, 0) is 0 Å². The molecule has 0 aromatic rings. The van der Waals surface area contributed by atoms with Gasteiger partial charge in [0, 0.05) is 2.85 Å². The van der Waals surface area contributed by atoms with Crippen LogP contribution in [0.4, 0.5) is 0 Å². The van der Waals surface area contributed by atoms with Gasteiger partial charge in [-0.1, -0.05) is 26.7 Å². The summed E-state index contributed by atoms with van der Waals surface area (Å²) in [5, 5.41) is 0. The number of unbranched alkanes of at least 4 members (excludes halogenated alkanes) is 1. The molecule has 0 fully saturated rings. The van der Waals surface area contributed by atoms with Gasteiger partial charge in [0.25, 0.3) is 0 Å². The van der Waals surface area contributed by atoms with Gasteiger partial charge in [-0.25, -0.2) is 0 Å². The molecule has 0 aliphatic heterocycles. The zero-order chi connectivity index (χ0) is 3.41. The SMILES string of the molecule is CCCC.[AlH3].[HH].[HH].[NaH]. The first-order valence-electron chi connectivity index (χ1n) is 1.91. The van der Waals surface area contributed by atoms with Crippen molar-refractivity contribution in [2.24, 2.45) is 0 Å². The zero-order valence-corrected chi connectivity index (χ0v) is 3.41. The van der Waals surface area contributed by atoms with Crippen LogP contribution >= 0.6 is 0 Å². The van der Waals surface area contributed by atoms with Crippen molar-refractivity contribution < 1.29 is 2.85 Å². The van der Waals surface area contributed by atoms with Gasteiger partial charge in [0.2, 0.25) is 0 Å². The Bertz CT molecular complexity index is 16.0. The van der Waals surface area contributed by atoms with E-state index < -0.39 is 0 Å². The fraction of sp³-hybridized carbons (Fsp3) is 1.00. The summed E-state index contributed by atoms with van der Waals surface area (Å²) in [6, 6.07) is 0. The van der Waals surface area contributed by atoms with Gasteiger partial charge < -0.3 is 0 Å². The molecule has 0 amide bonds. The van der Waals surface area contributed by atoms with Crippen LogP contribution in [0.15, 0.2) is 0 Å². The first-order valence-corrected chi connectivity index (χ1v) is 1.91. The topological polar surface area (TPSA) is 0 Å². The maximum atomic E-state index is 2.18. The van der Waals surface area contributed by atoms with Crippen LogP contribution in [0.25, 0.3) is 0 Å². The summed E-state index contributed by atoms with van der Waals surface area (Å²) in [5.74, 6) is 0. The summed E-state index contributed by atoms with van der Waals surface area (Å²) >= 11 is 0. The molecule has 0 rings (SSSR count). The van der Waals surface area contributed by atoms with E-state index in [-0.39, 0.29) is 49.8 Å². The van der Waals surface area contributed by atoms with E-state index in [9.17, 15) is 0 Å². The summed E-state index contributed by atoms with van der Waals surface area (Å²) in [6.07, 6.45) is 2.64. The third-order valence-corrected chi connectivity index (χ3v) is 0.500. The van der Waals surface area contributed by atoms with E-state index in [0.29, 0.717) is 0 Å². The second kappa shape index (κ2) is 16.0. The molecule has 0 spiro atoms. The van der Waals surface area contributed by atoms with E-state index in [4.69, 9.17) is 0 Å². The maximum absolute atomic E-state index is 2.18. The van der Waals surface area contributed by atoms with Crippen LogP contribution in [0.5, 0.6) is 0 Å². The molecule has 0 bridgehead atoms. The molecule has 0 aliphatic carbocycles. The van der Waals surface area contributed by atoms with E-state index in [1.165, 1.54) is 12.8 Å². The molecule has 0 radical (unpaired) electrons. The molecule has 0 saturated carbocycles. The molecule has 38 valence electrons. The fourth-order valence-electron chi connectivity index (χ4n) is 0. The van der Waals surface area contributed by atoms with E-state index in [1.54, 1.807) is 0 Å². The van der Waals surface area contributed by atoms with Crippen LogP contribution in [0.1, 0.15) is 29.5 Å². The average Bonchev–Trinajstić information content (AvgIpc) is 1.37. The molecule has 0 N–H and O–H groups in total. The third kappa shape index (κ3) is 17.7. The molecular weight excluding hydrogens is 98.0 g/mol. The molecular formula is C4H18AlNa. The molecule has 0 nitrogen and oxygen atoms in total. The van der Waals surface area contributed by atoms with Crippen molar-refractivity contribution in [3.8, 4) is 0 Å². The molecule has 0 saturated heterocycles. The third-order valence-electron chi connectivity index (χ3n) is 0.500. The molecule has 0 heterocycles. The molecule has 0 unspecified atom stereocenters. The standard InChI is InChI=1S/C4H10.Al.Na.2H2.4H/c1-3-4-2;;;;;;;;/h3-4H2,1-2H3;;;2*1H;;;;. The van der Waals surface area contributed by atoms with Crippen LogP contribution in [-0.4, -0.2) is 46.9 Å². The van der Waals surface area contributed by atoms with Crippen molar-refractivity contribution in [1.82, 2.24) is 0 Å².